The van der Waals surface area contributed by atoms with Gasteiger partial charge >= 0.3 is 0 Å². The van der Waals surface area contributed by atoms with Crippen LogP contribution in [0, 0.1) is 5.92 Å². The molecular formula is C20H33N. The Labute approximate surface area is 131 Å². The number of hydrogen-bond acceptors (Lipinski definition) is 1. The highest BCUT2D eigenvalue weighted by molar-refractivity contribution is 5.28. The minimum atomic E-state index is 0.298. The van der Waals surface area contributed by atoms with Crippen molar-refractivity contribution in [1.82, 2.24) is 5.32 Å². The van der Waals surface area contributed by atoms with E-state index in [9.17, 15) is 0 Å². The first-order valence-electron chi connectivity index (χ1n) is 9.05. The highest BCUT2D eigenvalue weighted by Crippen LogP contribution is 2.41. The lowest BCUT2D eigenvalue weighted by Crippen LogP contribution is -2.49. The molecular weight excluding hydrogens is 254 g/mol. The zero-order chi connectivity index (χ0) is 15.1. The predicted octanol–water partition coefficient (Wildman–Crippen LogP) is 5.30. The van der Waals surface area contributed by atoms with E-state index in [2.05, 4.69) is 56.4 Å². The predicted molar refractivity (Wildman–Crippen MR) is 92.7 cm³/mol. The van der Waals surface area contributed by atoms with Crippen molar-refractivity contribution in [2.24, 2.45) is 5.92 Å². The molecule has 0 radical (unpaired) electrons. The third kappa shape index (κ3) is 3.69. The summed E-state index contributed by atoms with van der Waals surface area (Å²) in [6.45, 7) is 8.16. The molecule has 1 atom stereocenters. The van der Waals surface area contributed by atoms with Crippen molar-refractivity contribution in [3.8, 4) is 0 Å². The van der Waals surface area contributed by atoms with Gasteiger partial charge in [-0.25, -0.2) is 0 Å². The van der Waals surface area contributed by atoms with Gasteiger partial charge in [-0.3, -0.25) is 0 Å². The Morgan fingerprint density at radius 2 is 1.76 bits per heavy atom. The normalized spacial score (nSPS) is 17.5. The minimum absolute atomic E-state index is 0.298. The Hall–Kier alpha value is -0.820. The maximum absolute atomic E-state index is 3.91. The van der Waals surface area contributed by atoms with Crippen molar-refractivity contribution in [3.63, 3.8) is 0 Å². The molecule has 1 aromatic rings. The molecule has 0 bridgehead atoms. The monoisotopic (exact) mass is 287 g/mol. The molecule has 1 heteroatoms. The molecule has 0 spiro atoms. The summed E-state index contributed by atoms with van der Waals surface area (Å²) in [5.41, 5.74) is 1.83. The van der Waals surface area contributed by atoms with Gasteiger partial charge < -0.3 is 5.32 Å². The number of benzene rings is 1. The van der Waals surface area contributed by atoms with E-state index in [1.54, 1.807) is 0 Å². The fourth-order valence-electron chi connectivity index (χ4n) is 4.01. The molecule has 0 amide bonds. The van der Waals surface area contributed by atoms with Crippen LogP contribution in [0.1, 0.15) is 71.3 Å². The van der Waals surface area contributed by atoms with Crippen LogP contribution in [0.25, 0.3) is 0 Å². The van der Waals surface area contributed by atoms with Crippen LogP contribution in [0.2, 0.25) is 0 Å². The summed E-state index contributed by atoms with van der Waals surface area (Å²) in [4.78, 5) is 0. The molecule has 0 aliphatic heterocycles. The second kappa shape index (κ2) is 7.98. The molecule has 1 nitrogen and oxygen atoms in total. The number of hydrogen-bond donors (Lipinski definition) is 1. The largest absolute Gasteiger partial charge is 0.313 e. The average Bonchev–Trinajstić information content (AvgIpc) is 2.50. The van der Waals surface area contributed by atoms with Crippen molar-refractivity contribution in [2.75, 3.05) is 6.54 Å². The zero-order valence-corrected chi connectivity index (χ0v) is 14.2. The summed E-state index contributed by atoms with van der Waals surface area (Å²) < 4.78 is 0. The van der Waals surface area contributed by atoms with Gasteiger partial charge in [-0.05, 0) is 43.7 Å². The molecule has 1 fully saturated rings. The third-order valence-corrected chi connectivity index (χ3v) is 5.71. The van der Waals surface area contributed by atoms with Crippen molar-refractivity contribution in [1.29, 1.82) is 0 Å². The van der Waals surface area contributed by atoms with Gasteiger partial charge in [0.1, 0.15) is 0 Å². The van der Waals surface area contributed by atoms with E-state index < -0.39 is 0 Å². The summed E-state index contributed by atoms with van der Waals surface area (Å²) >= 11 is 0. The zero-order valence-electron chi connectivity index (χ0n) is 14.2. The Morgan fingerprint density at radius 3 is 2.24 bits per heavy atom. The SMILES string of the molecule is CCCNC(CC1CCC1)C(CC)(CC)c1ccccc1. The van der Waals surface area contributed by atoms with Crippen LogP contribution in [0.5, 0.6) is 0 Å². The van der Waals surface area contributed by atoms with Gasteiger partial charge in [-0.1, -0.05) is 70.4 Å². The van der Waals surface area contributed by atoms with Gasteiger partial charge in [-0.2, -0.15) is 0 Å². The lowest BCUT2D eigenvalue weighted by atomic mass is 9.66. The molecule has 118 valence electrons. The second-order valence-electron chi connectivity index (χ2n) is 6.77. The molecule has 1 unspecified atom stereocenters. The summed E-state index contributed by atoms with van der Waals surface area (Å²) in [5, 5.41) is 3.91. The first-order chi connectivity index (χ1) is 10.3. The topological polar surface area (TPSA) is 12.0 Å². The third-order valence-electron chi connectivity index (χ3n) is 5.71. The van der Waals surface area contributed by atoms with E-state index in [-0.39, 0.29) is 0 Å². The van der Waals surface area contributed by atoms with E-state index in [1.807, 2.05) is 0 Å². The van der Waals surface area contributed by atoms with E-state index in [1.165, 1.54) is 50.5 Å². The van der Waals surface area contributed by atoms with Crippen LogP contribution in [-0.2, 0) is 5.41 Å². The summed E-state index contributed by atoms with van der Waals surface area (Å²) in [5.74, 6) is 0.959. The Morgan fingerprint density at radius 1 is 1.10 bits per heavy atom. The first kappa shape index (κ1) is 16.5. The van der Waals surface area contributed by atoms with E-state index in [0.717, 1.165) is 12.5 Å². The van der Waals surface area contributed by atoms with E-state index in [0.29, 0.717) is 11.5 Å². The van der Waals surface area contributed by atoms with Crippen molar-refractivity contribution < 1.29 is 0 Å². The molecule has 1 saturated carbocycles. The Balaban J connectivity index is 2.24. The standard InChI is InChI=1S/C20H33N/c1-4-15-21-19(16-17-11-10-12-17)20(5-2,6-3)18-13-8-7-9-14-18/h7-9,13-14,17,19,21H,4-6,10-12,15-16H2,1-3H3. The molecule has 0 aromatic heterocycles. The van der Waals surface area contributed by atoms with Gasteiger partial charge in [0, 0.05) is 11.5 Å². The fraction of sp³-hybridized carbons (Fsp3) is 0.700. The molecule has 1 aliphatic rings. The second-order valence-corrected chi connectivity index (χ2v) is 6.77. The van der Waals surface area contributed by atoms with E-state index >= 15 is 0 Å². The summed E-state index contributed by atoms with van der Waals surface area (Å²) in [6.07, 6.45) is 9.37. The van der Waals surface area contributed by atoms with Crippen LogP contribution in [-0.4, -0.2) is 12.6 Å². The van der Waals surface area contributed by atoms with Crippen LogP contribution >= 0.6 is 0 Å². The van der Waals surface area contributed by atoms with Crippen molar-refractivity contribution in [3.05, 3.63) is 35.9 Å². The molecule has 1 aromatic carbocycles. The van der Waals surface area contributed by atoms with Crippen LogP contribution in [0.15, 0.2) is 30.3 Å². The van der Waals surface area contributed by atoms with Crippen molar-refractivity contribution in [2.45, 2.75) is 77.2 Å². The van der Waals surface area contributed by atoms with Gasteiger partial charge in [-0.15, -0.1) is 0 Å². The van der Waals surface area contributed by atoms with Gasteiger partial charge in [0.2, 0.25) is 0 Å². The lowest BCUT2D eigenvalue weighted by molar-refractivity contribution is 0.188. The molecule has 1 aliphatic carbocycles. The maximum atomic E-state index is 3.91. The number of nitrogens with one attached hydrogen (secondary N) is 1. The van der Waals surface area contributed by atoms with Crippen LogP contribution in [0.3, 0.4) is 0 Å². The quantitative estimate of drug-likeness (QED) is 0.649. The lowest BCUT2D eigenvalue weighted by Gasteiger charge is -2.44. The minimum Gasteiger partial charge on any atom is -0.313 e. The number of rotatable bonds is 9. The molecule has 21 heavy (non-hydrogen) atoms. The van der Waals surface area contributed by atoms with E-state index in [4.69, 9.17) is 0 Å². The smallest absolute Gasteiger partial charge is 0.0166 e. The maximum Gasteiger partial charge on any atom is 0.0166 e. The molecule has 0 heterocycles. The molecule has 0 saturated heterocycles. The van der Waals surface area contributed by atoms with Gasteiger partial charge in [0.25, 0.3) is 0 Å². The van der Waals surface area contributed by atoms with Crippen LogP contribution in [0.4, 0.5) is 0 Å². The Bertz CT molecular complexity index is 390. The Kier molecular flexibility index (Phi) is 6.29. The highest BCUT2D eigenvalue weighted by atomic mass is 14.9. The van der Waals surface area contributed by atoms with Crippen LogP contribution < -0.4 is 5.32 Å². The first-order valence-corrected chi connectivity index (χ1v) is 9.05. The average molecular weight is 287 g/mol. The van der Waals surface area contributed by atoms with Gasteiger partial charge in [0.05, 0.1) is 0 Å². The molecule has 2 rings (SSSR count). The van der Waals surface area contributed by atoms with Crippen molar-refractivity contribution >= 4 is 0 Å². The molecule has 1 N–H and O–H groups in total. The van der Waals surface area contributed by atoms with Gasteiger partial charge in [0.15, 0.2) is 0 Å². The summed E-state index contributed by atoms with van der Waals surface area (Å²) in [7, 11) is 0. The highest BCUT2D eigenvalue weighted by Gasteiger charge is 2.38. The fourth-order valence-corrected chi connectivity index (χ4v) is 4.01. The summed E-state index contributed by atoms with van der Waals surface area (Å²) in [6, 6.07) is 11.9.